The van der Waals surface area contributed by atoms with E-state index < -0.39 is 0 Å². The third-order valence-electron chi connectivity index (χ3n) is 3.24. The van der Waals surface area contributed by atoms with E-state index in [-0.39, 0.29) is 0 Å². The normalized spacial score (nSPS) is 24.3. The average Bonchev–Trinajstić information content (AvgIpc) is 2.29. The summed E-state index contributed by atoms with van der Waals surface area (Å²) in [6.07, 6.45) is 2.33. The minimum atomic E-state index is 0.342. The maximum absolute atomic E-state index is 5.56. The van der Waals surface area contributed by atoms with E-state index in [1.165, 1.54) is 5.56 Å². The van der Waals surface area contributed by atoms with Crippen LogP contribution in [0.1, 0.15) is 31.1 Å². The van der Waals surface area contributed by atoms with E-state index in [1.54, 1.807) is 0 Å². The third-order valence-corrected chi connectivity index (χ3v) is 3.24. The van der Waals surface area contributed by atoms with Crippen molar-refractivity contribution >= 4 is 0 Å². The van der Waals surface area contributed by atoms with Crippen LogP contribution in [0.3, 0.4) is 0 Å². The molecule has 0 amide bonds. The third kappa shape index (κ3) is 2.60. The van der Waals surface area contributed by atoms with Gasteiger partial charge in [-0.3, -0.25) is 9.88 Å². The zero-order chi connectivity index (χ0) is 11.5. The van der Waals surface area contributed by atoms with Gasteiger partial charge in [0.1, 0.15) is 0 Å². The number of rotatable bonds is 2. The lowest BCUT2D eigenvalue weighted by Gasteiger charge is -2.35. The fourth-order valence-corrected chi connectivity index (χ4v) is 2.13. The summed E-state index contributed by atoms with van der Waals surface area (Å²) in [6.45, 7) is 9.25. The second-order valence-electron chi connectivity index (χ2n) is 4.59. The molecule has 0 bridgehead atoms. The molecule has 0 unspecified atom stereocenters. The van der Waals surface area contributed by atoms with Gasteiger partial charge in [0.15, 0.2) is 0 Å². The fourth-order valence-electron chi connectivity index (χ4n) is 2.13. The maximum Gasteiger partial charge on any atom is 0.0674 e. The van der Waals surface area contributed by atoms with E-state index in [4.69, 9.17) is 4.74 Å². The van der Waals surface area contributed by atoms with E-state index in [0.29, 0.717) is 12.1 Å². The predicted octanol–water partition coefficient (Wildman–Crippen LogP) is 2.17. The largest absolute Gasteiger partial charge is 0.376 e. The molecule has 0 saturated carbocycles. The summed E-state index contributed by atoms with van der Waals surface area (Å²) in [7, 11) is 0. The van der Waals surface area contributed by atoms with Crippen molar-refractivity contribution in [3.63, 3.8) is 0 Å². The summed E-state index contributed by atoms with van der Waals surface area (Å²) in [5.74, 6) is 0. The molecule has 0 aromatic carbocycles. The number of morpholine rings is 1. The summed E-state index contributed by atoms with van der Waals surface area (Å²) in [5.41, 5.74) is 2.37. The van der Waals surface area contributed by atoms with Gasteiger partial charge in [-0.2, -0.15) is 0 Å². The summed E-state index contributed by atoms with van der Waals surface area (Å²) in [4.78, 5) is 6.81. The number of aromatic nitrogens is 1. The highest BCUT2D eigenvalue weighted by Crippen LogP contribution is 2.21. The molecule has 3 nitrogen and oxygen atoms in total. The Morgan fingerprint density at radius 3 is 2.94 bits per heavy atom. The standard InChI is InChI=1S/C13H20N2O/c1-10-4-5-13(8-14-10)12(3)15-6-7-16-11(2)9-15/h4-5,8,11-12H,6-7,9H2,1-3H3/t11-,12-/m1/s1. The van der Waals surface area contributed by atoms with E-state index >= 15 is 0 Å². The Bertz CT molecular complexity index is 336. The van der Waals surface area contributed by atoms with Crippen molar-refractivity contribution in [3.8, 4) is 0 Å². The first-order valence-electron chi connectivity index (χ1n) is 5.95. The number of nitrogens with zero attached hydrogens (tertiary/aromatic N) is 2. The van der Waals surface area contributed by atoms with E-state index in [1.807, 2.05) is 13.1 Å². The van der Waals surface area contributed by atoms with Crippen LogP contribution in [0.15, 0.2) is 18.3 Å². The highest BCUT2D eigenvalue weighted by Gasteiger charge is 2.22. The monoisotopic (exact) mass is 220 g/mol. The van der Waals surface area contributed by atoms with Crippen LogP contribution < -0.4 is 0 Å². The topological polar surface area (TPSA) is 25.4 Å². The number of aryl methyl sites for hydroxylation is 1. The lowest BCUT2D eigenvalue weighted by Crippen LogP contribution is -2.42. The van der Waals surface area contributed by atoms with Crippen LogP contribution in [-0.2, 0) is 4.74 Å². The van der Waals surface area contributed by atoms with Crippen molar-refractivity contribution in [2.24, 2.45) is 0 Å². The number of pyridine rings is 1. The molecule has 2 rings (SSSR count). The van der Waals surface area contributed by atoms with Crippen molar-refractivity contribution in [3.05, 3.63) is 29.6 Å². The Hall–Kier alpha value is -0.930. The number of ether oxygens (including phenoxy) is 1. The SMILES string of the molecule is Cc1ccc([C@@H](C)N2CCO[C@H](C)C2)cn1. The molecule has 1 fully saturated rings. The van der Waals surface area contributed by atoms with E-state index in [0.717, 1.165) is 25.4 Å². The molecule has 0 radical (unpaired) electrons. The van der Waals surface area contributed by atoms with Gasteiger partial charge in [0, 0.05) is 31.0 Å². The molecule has 16 heavy (non-hydrogen) atoms. The molecule has 0 spiro atoms. The van der Waals surface area contributed by atoms with Crippen LogP contribution in [0.5, 0.6) is 0 Å². The Morgan fingerprint density at radius 2 is 2.31 bits per heavy atom. The Kier molecular flexibility index (Phi) is 3.56. The van der Waals surface area contributed by atoms with Crippen molar-refractivity contribution in [1.82, 2.24) is 9.88 Å². The van der Waals surface area contributed by atoms with E-state index in [2.05, 4.69) is 35.9 Å². The van der Waals surface area contributed by atoms with Gasteiger partial charge in [0.25, 0.3) is 0 Å². The molecule has 0 N–H and O–H groups in total. The van der Waals surface area contributed by atoms with Gasteiger partial charge in [-0.1, -0.05) is 6.07 Å². The van der Waals surface area contributed by atoms with Crippen molar-refractivity contribution in [2.75, 3.05) is 19.7 Å². The molecule has 2 atom stereocenters. The van der Waals surface area contributed by atoms with Gasteiger partial charge >= 0.3 is 0 Å². The molecule has 0 aliphatic carbocycles. The summed E-state index contributed by atoms with van der Waals surface area (Å²) < 4.78 is 5.56. The molecule has 1 saturated heterocycles. The van der Waals surface area contributed by atoms with Crippen LogP contribution in [0.4, 0.5) is 0 Å². The van der Waals surface area contributed by atoms with Gasteiger partial charge in [0.2, 0.25) is 0 Å². The molecule has 1 aromatic heterocycles. The van der Waals surface area contributed by atoms with Crippen molar-refractivity contribution in [2.45, 2.75) is 32.9 Å². The van der Waals surface area contributed by atoms with Crippen LogP contribution in [-0.4, -0.2) is 35.7 Å². The Balaban J connectivity index is 2.06. The lowest BCUT2D eigenvalue weighted by molar-refractivity contribution is -0.0319. The van der Waals surface area contributed by atoms with E-state index in [9.17, 15) is 0 Å². The van der Waals surface area contributed by atoms with Gasteiger partial charge in [0.05, 0.1) is 12.7 Å². The van der Waals surface area contributed by atoms with Gasteiger partial charge in [-0.25, -0.2) is 0 Å². The van der Waals surface area contributed by atoms with Gasteiger partial charge < -0.3 is 4.74 Å². The molecular formula is C13H20N2O. The second-order valence-corrected chi connectivity index (χ2v) is 4.59. The van der Waals surface area contributed by atoms with Crippen LogP contribution in [0.2, 0.25) is 0 Å². The van der Waals surface area contributed by atoms with Crippen molar-refractivity contribution < 1.29 is 4.74 Å². The quantitative estimate of drug-likeness (QED) is 0.764. The predicted molar refractivity (Wildman–Crippen MR) is 64.4 cm³/mol. The average molecular weight is 220 g/mol. The fraction of sp³-hybridized carbons (Fsp3) is 0.615. The smallest absolute Gasteiger partial charge is 0.0674 e. The minimum absolute atomic E-state index is 0.342. The zero-order valence-electron chi connectivity index (χ0n) is 10.3. The van der Waals surface area contributed by atoms with Crippen LogP contribution in [0.25, 0.3) is 0 Å². The first-order chi connectivity index (χ1) is 7.66. The molecule has 1 aliphatic heterocycles. The Labute approximate surface area is 97.4 Å². The summed E-state index contributed by atoms with van der Waals surface area (Å²) >= 11 is 0. The molecule has 1 aliphatic rings. The second kappa shape index (κ2) is 4.93. The highest BCUT2D eigenvalue weighted by atomic mass is 16.5. The highest BCUT2D eigenvalue weighted by molar-refractivity contribution is 5.16. The zero-order valence-corrected chi connectivity index (χ0v) is 10.3. The maximum atomic E-state index is 5.56. The first-order valence-corrected chi connectivity index (χ1v) is 5.95. The number of hydrogen-bond acceptors (Lipinski definition) is 3. The van der Waals surface area contributed by atoms with Gasteiger partial charge in [-0.05, 0) is 32.4 Å². The molecule has 88 valence electrons. The lowest BCUT2D eigenvalue weighted by atomic mass is 10.1. The van der Waals surface area contributed by atoms with Crippen molar-refractivity contribution in [1.29, 1.82) is 0 Å². The molecule has 3 heteroatoms. The summed E-state index contributed by atoms with van der Waals surface area (Å²) in [5, 5.41) is 0. The first kappa shape index (κ1) is 11.6. The molecule has 1 aromatic rings. The number of hydrogen-bond donors (Lipinski definition) is 0. The Morgan fingerprint density at radius 1 is 1.50 bits per heavy atom. The van der Waals surface area contributed by atoms with Gasteiger partial charge in [-0.15, -0.1) is 0 Å². The molecule has 2 heterocycles. The van der Waals surface area contributed by atoms with Crippen LogP contribution in [0, 0.1) is 6.92 Å². The molecular weight excluding hydrogens is 200 g/mol. The summed E-state index contributed by atoms with van der Waals surface area (Å²) in [6, 6.07) is 4.68. The minimum Gasteiger partial charge on any atom is -0.376 e. The van der Waals surface area contributed by atoms with Crippen LogP contribution >= 0.6 is 0 Å².